The van der Waals surface area contributed by atoms with E-state index in [1.54, 1.807) is 11.8 Å². The summed E-state index contributed by atoms with van der Waals surface area (Å²) in [4.78, 5) is 10.1. The Hall–Kier alpha value is -2.63. The van der Waals surface area contributed by atoms with Gasteiger partial charge in [0.15, 0.2) is 0 Å². The van der Waals surface area contributed by atoms with E-state index in [1.165, 1.54) is 15.4 Å². The van der Waals surface area contributed by atoms with Crippen LogP contribution in [0.5, 0.6) is 0 Å². The number of benzene rings is 3. The summed E-state index contributed by atoms with van der Waals surface area (Å²) >= 11 is 7.64. The zero-order valence-corrected chi connectivity index (χ0v) is 15.4. The Morgan fingerprint density at radius 1 is 0.962 bits per heavy atom. The molecule has 4 rings (SSSR count). The number of H-pyrrole nitrogens is 1. The zero-order valence-electron chi connectivity index (χ0n) is 13.9. The molecule has 0 unspecified atom stereocenters. The lowest BCUT2D eigenvalue weighted by molar-refractivity contribution is 1.09. The maximum atomic E-state index is 5.92. The highest BCUT2D eigenvalue weighted by Crippen LogP contribution is 2.28. The number of hydrogen-bond donors (Lipinski definition) is 3. The Balaban J connectivity index is 1.39. The molecule has 0 aliphatic rings. The third-order valence-electron chi connectivity index (χ3n) is 3.94. The average Bonchev–Trinajstić information content (AvgIpc) is 3.05. The molecule has 0 radical (unpaired) electrons. The number of aromatic amines is 1. The highest BCUT2D eigenvalue weighted by Gasteiger charge is 2.03. The van der Waals surface area contributed by atoms with E-state index in [1.807, 2.05) is 42.5 Å². The first-order valence-electron chi connectivity index (χ1n) is 8.17. The first-order valence-corrected chi connectivity index (χ1v) is 9.37. The second kappa shape index (κ2) is 7.32. The monoisotopic (exact) mass is 380 g/mol. The minimum atomic E-state index is 0.696. The molecule has 26 heavy (non-hydrogen) atoms. The fraction of sp³-hybridized carbons (Fsp3) is 0.0500. The molecule has 4 aromatic rings. The van der Waals surface area contributed by atoms with Gasteiger partial charge in [0.1, 0.15) is 0 Å². The number of nitrogen functional groups attached to an aromatic ring is 1. The Labute approximate surface area is 160 Å². The molecule has 0 aliphatic heterocycles. The number of nitrogens with zero attached hydrogens (tertiary/aromatic N) is 1. The molecule has 0 atom stereocenters. The first kappa shape index (κ1) is 16.8. The highest BCUT2D eigenvalue weighted by molar-refractivity contribution is 7.99. The van der Waals surface area contributed by atoms with Crippen molar-refractivity contribution in [3.63, 3.8) is 0 Å². The van der Waals surface area contributed by atoms with Crippen LogP contribution in [0.15, 0.2) is 76.5 Å². The van der Waals surface area contributed by atoms with E-state index in [-0.39, 0.29) is 0 Å². The molecule has 0 amide bonds. The van der Waals surface area contributed by atoms with Crippen LogP contribution in [0.2, 0.25) is 5.02 Å². The van der Waals surface area contributed by atoms with Crippen LogP contribution in [0.1, 0.15) is 5.56 Å². The third kappa shape index (κ3) is 3.95. The normalized spacial score (nSPS) is 11.0. The largest absolute Gasteiger partial charge is 0.399 e. The van der Waals surface area contributed by atoms with Gasteiger partial charge in [-0.15, -0.1) is 0 Å². The Bertz CT molecular complexity index is 1030. The summed E-state index contributed by atoms with van der Waals surface area (Å²) in [5.41, 5.74) is 9.54. The number of aromatic nitrogens is 2. The van der Waals surface area contributed by atoms with Crippen molar-refractivity contribution >= 4 is 46.0 Å². The smallest absolute Gasteiger partial charge is 0.201 e. The molecule has 0 spiro atoms. The summed E-state index contributed by atoms with van der Waals surface area (Å²) in [6.07, 6.45) is 0. The fourth-order valence-corrected chi connectivity index (χ4v) is 3.55. The minimum Gasteiger partial charge on any atom is -0.399 e. The third-order valence-corrected chi connectivity index (χ3v) is 5.21. The van der Waals surface area contributed by atoms with Gasteiger partial charge >= 0.3 is 0 Å². The SMILES string of the molecule is Nc1ccc2nc(NCc3ccc(Sc4ccc(Cl)cc4)cc3)[nH]c2c1. The summed E-state index contributed by atoms with van der Waals surface area (Å²) in [7, 11) is 0. The van der Waals surface area contributed by atoms with Gasteiger partial charge in [-0.1, -0.05) is 35.5 Å². The molecular formula is C20H17ClN4S. The quantitative estimate of drug-likeness (QED) is 0.396. The lowest BCUT2D eigenvalue weighted by atomic mass is 10.2. The van der Waals surface area contributed by atoms with E-state index in [4.69, 9.17) is 17.3 Å². The van der Waals surface area contributed by atoms with Crippen LogP contribution >= 0.6 is 23.4 Å². The van der Waals surface area contributed by atoms with Crippen LogP contribution in [0.3, 0.4) is 0 Å². The van der Waals surface area contributed by atoms with Crippen LogP contribution in [-0.2, 0) is 6.54 Å². The predicted molar refractivity (Wildman–Crippen MR) is 110 cm³/mol. The van der Waals surface area contributed by atoms with Crippen molar-refractivity contribution in [2.24, 2.45) is 0 Å². The van der Waals surface area contributed by atoms with Crippen LogP contribution in [-0.4, -0.2) is 9.97 Å². The van der Waals surface area contributed by atoms with E-state index in [0.29, 0.717) is 6.54 Å². The molecule has 4 nitrogen and oxygen atoms in total. The maximum absolute atomic E-state index is 5.92. The van der Waals surface area contributed by atoms with Gasteiger partial charge < -0.3 is 16.0 Å². The molecule has 0 saturated carbocycles. The maximum Gasteiger partial charge on any atom is 0.201 e. The van der Waals surface area contributed by atoms with Gasteiger partial charge in [-0.2, -0.15) is 0 Å². The van der Waals surface area contributed by atoms with Gasteiger partial charge in [0.25, 0.3) is 0 Å². The van der Waals surface area contributed by atoms with Crippen molar-refractivity contribution in [3.8, 4) is 0 Å². The van der Waals surface area contributed by atoms with Gasteiger partial charge in [-0.25, -0.2) is 4.98 Å². The summed E-state index contributed by atoms with van der Waals surface area (Å²) in [5, 5.41) is 4.07. The van der Waals surface area contributed by atoms with E-state index in [2.05, 4.69) is 39.6 Å². The molecule has 1 aromatic heterocycles. The second-order valence-electron chi connectivity index (χ2n) is 5.92. The summed E-state index contributed by atoms with van der Waals surface area (Å²) < 4.78 is 0. The van der Waals surface area contributed by atoms with Crippen LogP contribution < -0.4 is 11.1 Å². The van der Waals surface area contributed by atoms with Gasteiger partial charge in [0.05, 0.1) is 11.0 Å². The van der Waals surface area contributed by atoms with Gasteiger partial charge in [0.2, 0.25) is 5.95 Å². The minimum absolute atomic E-state index is 0.696. The summed E-state index contributed by atoms with van der Waals surface area (Å²) in [5.74, 6) is 0.741. The number of nitrogens with one attached hydrogen (secondary N) is 2. The zero-order chi connectivity index (χ0) is 17.9. The number of imidazole rings is 1. The van der Waals surface area contributed by atoms with Crippen molar-refractivity contribution in [1.82, 2.24) is 9.97 Å². The van der Waals surface area contributed by atoms with Gasteiger partial charge in [-0.3, -0.25) is 0 Å². The molecule has 6 heteroatoms. The topological polar surface area (TPSA) is 66.7 Å². The number of nitrogens with two attached hydrogens (primary N) is 1. The molecule has 0 fully saturated rings. The number of rotatable bonds is 5. The van der Waals surface area contributed by atoms with Gasteiger partial charge in [-0.05, 0) is 60.2 Å². The Kier molecular flexibility index (Phi) is 4.73. The molecular weight excluding hydrogens is 364 g/mol. The van der Waals surface area contributed by atoms with Crippen LogP contribution in [0.4, 0.5) is 11.6 Å². The summed E-state index contributed by atoms with van der Waals surface area (Å²) in [6.45, 7) is 0.696. The number of hydrogen-bond acceptors (Lipinski definition) is 4. The van der Waals surface area contributed by atoms with E-state index in [0.717, 1.165) is 27.7 Å². The fourth-order valence-electron chi connectivity index (χ4n) is 2.61. The molecule has 1 heterocycles. The van der Waals surface area contributed by atoms with Crippen LogP contribution in [0.25, 0.3) is 11.0 Å². The lowest BCUT2D eigenvalue weighted by Gasteiger charge is -2.05. The molecule has 0 saturated heterocycles. The highest BCUT2D eigenvalue weighted by atomic mass is 35.5. The van der Waals surface area contributed by atoms with Crippen molar-refractivity contribution in [2.75, 3.05) is 11.1 Å². The van der Waals surface area contributed by atoms with Gasteiger partial charge in [0, 0.05) is 27.0 Å². The lowest BCUT2D eigenvalue weighted by Crippen LogP contribution is -2.00. The van der Waals surface area contributed by atoms with Crippen molar-refractivity contribution in [1.29, 1.82) is 0 Å². The van der Waals surface area contributed by atoms with E-state index >= 15 is 0 Å². The second-order valence-corrected chi connectivity index (χ2v) is 7.50. The molecule has 0 aliphatic carbocycles. The van der Waals surface area contributed by atoms with E-state index in [9.17, 15) is 0 Å². The Morgan fingerprint density at radius 3 is 2.38 bits per heavy atom. The first-order chi connectivity index (χ1) is 12.7. The van der Waals surface area contributed by atoms with Crippen LogP contribution in [0, 0.1) is 0 Å². The standard InChI is InChI=1S/C20H17ClN4S/c21-14-3-8-17(9-4-14)26-16-6-1-13(2-7-16)12-23-20-24-18-10-5-15(22)11-19(18)25-20/h1-11H,12,22H2,(H2,23,24,25). The predicted octanol–water partition coefficient (Wildman–Crippen LogP) is 5.56. The van der Waals surface area contributed by atoms with Crippen molar-refractivity contribution < 1.29 is 0 Å². The number of halogens is 1. The Morgan fingerprint density at radius 2 is 1.65 bits per heavy atom. The molecule has 0 bridgehead atoms. The van der Waals surface area contributed by atoms with E-state index < -0.39 is 0 Å². The number of anilines is 2. The summed E-state index contributed by atoms with van der Waals surface area (Å²) in [6, 6.07) is 22.0. The number of fused-ring (bicyclic) bond motifs is 1. The molecule has 3 aromatic carbocycles. The molecule has 130 valence electrons. The van der Waals surface area contributed by atoms with Crippen molar-refractivity contribution in [3.05, 3.63) is 77.3 Å². The van der Waals surface area contributed by atoms with Crippen molar-refractivity contribution in [2.45, 2.75) is 16.3 Å². The average molecular weight is 381 g/mol. The molecule has 4 N–H and O–H groups in total.